The van der Waals surface area contributed by atoms with Crippen LogP contribution in [0.5, 0.6) is 0 Å². The van der Waals surface area contributed by atoms with E-state index in [1.807, 2.05) is 0 Å². The Morgan fingerprint density at radius 1 is 1.25 bits per heavy atom. The largest absolute Gasteiger partial charge is 0.348 e. The number of anilines is 1. The molecule has 0 unspecified atom stereocenters. The van der Waals surface area contributed by atoms with Crippen molar-refractivity contribution in [3.05, 3.63) is 11.1 Å². The minimum atomic E-state index is 0.508. The van der Waals surface area contributed by atoms with E-state index in [2.05, 4.69) is 43.0 Å². The van der Waals surface area contributed by atoms with Crippen LogP contribution >= 0.6 is 22.9 Å². The average Bonchev–Trinajstić information content (AvgIpc) is 2.63. The fraction of sp³-hybridized carbons (Fsp3) is 0.750. The Bertz CT molecular complexity index is 300. The Balaban J connectivity index is 2.74. The van der Waals surface area contributed by atoms with Crippen LogP contribution in [-0.2, 0) is 5.88 Å². The van der Waals surface area contributed by atoms with Crippen LogP contribution < -0.4 is 4.90 Å². The second kappa shape index (κ2) is 6.45. The maximum atomic E-state index is 5.78. The van der Waals surface area contributed by atoms with E-state index < -0.39 is 0 Å². The number of halogens is 1. The van der Waals surface area contributed by atoms with E-state index in [0.717, 1.165) is 23.9 Å². The summed E-state index contributed by atoms with van der Waals surface area (Å²) in [5.74, 6) is 1.82. The molecule has 0 aliphatic carbocycles. The number of hydrogen-bond acceptors (Lipinski definition) is 3. The van der Waals surface area contributed by atoms with Crippen molar-refractivity contribution < 1.29 is 0 Å². The van der Waals surface area contributed by atoms with Gasteiger partial charge in [-0.3, -0.25) is 0 Å². The van der Waals surface area contributed by atoms with Gasteiger partial charge in [0.1, 0.15) is 0 Å². The summed E-state index contributed by atoms with van der Waals surface area (Å²) in [7, 11) is 0. The number of thiazole rings is 1. The second-order valence-corrected chi connectivity index (χ2v) is 6.05. The van der Waals surface area contributed by atoms with Gasteiger partial charge in [-0.2, -0.15) is 0 Å². The van der Waals surface area contributed by atoms with Gasteiger partial charge in [0.05, 0.1) is 11.6 Å². The monoisotopic (exact) mass is 260 g/mol. The third-order valence-corrected chi connectivity index (χ3v) is 3.34. The second-order valence-electron chi connectivity index (χ2n) is 4.95. The molecule has 0 N–H and O–H groups in total. The fourth-order valence-electron chi connectivity index (χ4n) is 1.62. The van der Waals surface area contributed by atoms with Crippen LogP contribution in [0, 0.1) is 11.8 Å². The van der Waals surface area contributed by atoms with Crippen molar-refractivity contribution >= 4 is 28.1 Å². The summed E-state index contributed by atoms with van der Waals surface area (Å²) in [5.41, 5.74) is 0.985. The van der Waals surface area contributed by atoms with E-state index >= 15 is 0 Å². The number of hydrogen-bond donors (Lipinski definition) is 0. The Morgan fingerprint density at radius 2 is 1.81 bits per heavy atom. The van der Waals surface area contributed by atoms with Gasteiger partial charge in [0, 0.05) is 18.5 Å². The molecule has 0 radical (unpaired) electrons. The molecule has 0 saturated carbocycles. The minimum Gasteiger partial charge on any atom is -0.348 e. The number of aromatic nitrogens is 1. The van der Waals surface area contributed by atoms with E-state index in [1.165, 1.54) is 0 Å². The van der Waals surface area contributed by atoms with Crippen molar-refractivity contribution in [1.82, 2.24) is 4.98 Å². The molecule has 16 heavy (non-hydrogen) atoms. The predicted molar refractivity (Wildman–Crippen MR) is 73.6 cm³/mol. The van der Waals surface area contributed by atoms with Crippen molar-refractivity contribution in [3.63, 3.8) is 0 Å². The summed E-state index contributed by atoms with van der Waals surface area (Å²) in [6.07, 6.45) is 0. The van der Waals surface area contributed by atoms with Gasteiger partial charge < -0.3 is 4.90 Å². The van der Waals surface area contributed by atoms with E-state index in [9.17, 15) is 0 Å². The lowest BCUT2D eigenvalue weighted by Crippen LogP contribution is -2.31. The summed E-state index contributed by atoms with van der Waals surface area (Å²) in [5, 5.41) is 3.16. The summed E-state index contributed by atoms with van der Waals surface area (Å²) >= 11 is 7.48. The molecule has 1 rings (SSSR count). The third kappa shape index (κ3) is 4.30. The van der Waals surface area contributed by atoms with Crippen LogP contribution in [0.1, 0.15) is 33.4 Å². The first kappa shape index (κ1) is 13.8. The number of alkyl halides is 1. The van der Waals surface area contributed by atoms with Crippen molar-refractivity contribution in [2.45, 2.75) is 33.6 Å². The molecule has 1 aromatic rings. The molecule has 0 aliphatic heterocycles. The van der Waals surface area contributed by atoms with Crippen LogP contribution in [0.3, 0.4) is 0 Å². The maximum absolute atomic E-state index is 5.78. The number of nitrogens with zero attached hydrogens (tertiary/aromatic N) is 2. The Labute approximate surface area is 108 Å². The van der Waals surface area contributed by atoms with E-state index in [-0.39, 0.29) is 0 Å². The van der Waals surface area contributed by atoms with E-state index in [4.69, 9.17) is 11.6 Å². The molecular formula is C12H21ClN2S. The first-order valence-electron chi connectivity index (χ1n) is 5.78. The lowest BCUT2D eigenvalue weighted by molar-refractivity contribution is 0.551. The standard InChI is InChI=1S/C12H21ClN2S/c1-9(2)6-15(7-10(3)4)12-14-11(5-13)8-16-12/h8-10H,5-7H2,1-4H3. The van der Waals surface area contributed by atoms with Crippen LogP contribution in [-0.4, -0.2) is 18.1 Å². The molecule has 4 heteroatoms. The minimum absolute atomic E-state index is 0.508. The quantitative estimate of drug-likeness (QED) is 0.719. The van der Waals surface area contributed by atoms with Gasteiger partial charge >= 0.3 is 0 Å². The smallest absolute Gasteiger partial charge is 0.185 e. The van der Waals surface area contributed by atoms with Gasteiger partial charge in [0.2, 0.25) is 0 Å². The zero-order chi connectivity index (χ0) is 12.1. The fourth-order valence-corrected chi connectivity index (χ4v) is 2.69. The topological polar surface area (TPSA) is 16.1 Å². The zero-order valence-corrected chi connectivity index (χ0v) is 12.1. The summed E-state index contributed by atoms with van der Waals surface area (Å²) in [6, 6.07) is 0. The van der Waals surface area contributed by atoms with E-state index in [1.54, 1.807) is 11.3 Å². The normalized spacial score (nSPS) is 11.4. The molecule has 1 aromatic heterocycles. The number of rotatable bonds is 6. The first-order chi connectivity index (χ1) is 7.52. The first-order valence-corrected chi connectivity index (χ1v) is 7.19. The van der Waals surface area contributed by atoms with Gasteiger partial charge in [0.25, 0.3) is 0 Å². The molecule has 0 saturated heterocycles. The van der Waals surface area contributed by atoms with Gasteiger partial charge in [-0.1, -0.05) is 27.7 Å². The summed E-state index contributed by atoms with van der Waals surface area (Å²) in [4.78, 5) is 6.92. The molecule has 0 atom stereocenters. The van der Waals surface area contributed by atoms with E-state index in [0.29, 0.717) is 17.7 Å². The molecule has 0 bridgehead atoms. The highest BCUT2D eigenvalue weighted by atomic mass is 35.5. The van der Waals surface area contributed by atoms with Crippen molar-refractivity contribution in [2.24, 2.45) is 11.8 Å². The average molecular weight is 261 g/mol. The molecule has 0 aliphatic rings. The van der Waals surface area contributed by atoms with Gasteiger partial charge in [-0.05, 0) is 11.8 Å². The SMILES string of the molecule is CC(C)CN(CC(C)C)c1nc(CCl)cs1. The maximum Gasteiger partial charge on any atom is 0.185 e. The molecule has 92 valence electrons. The molecule has 2 nitrogen and oxygen atoms in total. The highest BCUT2D eigenvalue weighted by Gasteiger charge is 2.13. The highest BCUT2D eigenvalue weighted by molar-refractivity contribution is 7.13. The lowest BCUT2D eigenvalue weighted by atomic mass is 10.1. The van der Waals surface area contributed by atoms with Crippen LogP contribution in [0.2, 0.25) is 0 Å². The Hall–Kier alpha value is -0.280. The van der Waals surface area contributed by atoms with Crippen molar-refractivity contribution in [1.29, 1.82) is 0 Å². The molecule has 0 fully saturated rings. The molecule has 0 spiro atoms. The summed E-state index contributed by atoms with van der Waals surface area (Å²) in [6.45, 7) is 11.1. The molecular weight excluding hydrogens is 240 g/mol. The molecule has 1 heterocycles. The molecule has 0 amide bonds. The lowest BCUT2D eigenvalue weighted by Gasteiger charge is -2.25. The predicted octanol–water partition coefficient (Wildman–Crippen LogP) is 4.00. The van der Waals surface area contributed by atoms with Crippen LogP contribution in [0.15, 0.2) is 5.38 Å². The third-order valence-electron chi connectivity index (χ3n) is 2.12. The van der Waals surface area contributed by atoms with Gasteiger partial charge in [-0.15, -0.1) is 22.9 Å². The highest BCUT2D eigenvalue weighted by Crippen LogP contribution is 2.23. The Morgan fingerprint density at radius 3 is 2.19 bits per heavy atom. The van der Waals surface area contributed by atoms with Crippen molar-refractivity contribution in [3.8, 4) is 0 Å². The zero-order valence-electron chi connectivity index (χ0n) is 10.5. The van der Waals surface area contributed by atoms with Crippen LogP contribution in [0.4, 0.5) is 5.13 Å². The molecule has 0 aromatic carbocycles. The Kier molecular flexibility index (Phi) is 5.56. The van der Waals surface area contributed by atoms with Crippen molar-refractivity contribution in [2.75, 3.05) is 18.0 Å². The van der Waals surface area contributed by atoms with Crippen LogP contribution in [0.25, 0.3) is 0 Å². The van der Waals surface area contributed by atoms with Gasteiger partial charge in [-0.25, -0.2) is 4.98 Å². The summed E-state index contributed by atoms with van der Waals surface area (Å²) < 4.78 is 0. The van der Waals surface area contributed by atoms with Gasteiger partial charge in [0.15, 0.2) is 5.13 Å².